The summed E-state index contributed by atoms with van der Waals surface area (Å²) in [5.74, 6) is -0.112. The van der Waals surface area contributed by atoms with Crippen LogP contribution >= 0.6 is 0 Å². The van der Waals surface area contributed by atoms with Crippen molar-refractivity contribution in [3.05, 3.63) is 17.7 Å². The Hall–Kier alpha value is -1.82. The molecule has 2 N–H and O–H groups in total. The van der Waals surface area contributed by atoms with Crippen molar-refractivity contribution < 1.29 is 4.79 Å². The molecule has 0 bridgehead atoms. The van der Waals surface area contributed by atoms with E-state index in [1.54, 1.807) is 6.92 Å². The maximum Gasteiger partial charge on any atom is 0.265 e. The summed E-state index contributed by atoms with van der Waals surface area (Å²) in [5, 5.41) is 6.30. The SMILES string of the molecule is CC(=Nc1c(C)ncnc1C)C(=O)NC1CCNCC1. The second kappa shape index (κ2) is 6.56. The number of aliphatic imine (C=N–C) groups is 1. The zero-order valence-corrected chi connectivity index (χ0v) is 12.2. The number of aromatic nitrogens is 2. The third kappa shape index (κ3) is 3.60. The molecule has 20 heavy (non-hydrogen) atoms. The molecular formula is C14H21N5O. The molecule has 0 atom stereocenters. The third-order valence-corrected chi connectivity index (χ3v) is 3.47. The summed E-state index contributed by atoms with van der Waals surface area (Å²) < 4.78 is 0. The van der Waals surface area contributed by atoms with Crippen molar-refractivity contribution in [1.82, 2.24) is 20.6 Å². The Balaban J connectivity index is 2.07. The van der Waals surface area contributed by atoms with Crippen molar-refractivity contribution in [2.45, 2.75) is 39.7 Å². The summed E-state index contributed by atoms with van der Waals surface area (Å²) >= 11 is 0. The van der Waals surface area contributed by atoms with Gasteiger partial charge < -0.3 is 10.6 Å². The van der Waals surface area contributed by atoms with Crippen molar-refractivity contribution in [3.8, 4) is 0 Å². The first-order valence-electron chi connectivity index (χ1n) is 6.93. The van der Waals surface area contributed by atoms with E-state index >= 15 is 0 Å². The molecule has 1 saturated heterocycles. The number of nitrogens with one attached hydrogen (secondary N) is 2. The Morgan fingerprint density at radius 1 is 1.30 bits per heavy atom. The van der Waals surface area contributed by atoms with Crippen LogP contribution in [0.2, 0.25) is 0 Å². The van der Waals surface area contributed by atoms with Crippen molar-refractivity contribution >= 4 is 17.3 Å². The first kappa shape index (κ1) is 14.6. The standard InChI is InChI=1S/C14H21N5O/c1-9-13(10(2)17-8-16-9)18-11(3)14(20)19-12-4-6-15-7-5-12/h8,12,15H,4-7H2,1-3H3,(H,19,20). The first-order chi connectivity index (χ1) is 9.58. The molecule has 0 spiro atoms. The smallest absolute Gasteiger partial charge is 0.265 e. The van der Waals surface area contributed by atoms with Gasteiger partial charge in [0.2, 0.25) is 0 Å². The normalized spacial score (nSPS) is 17.1. The number of hydrogen-bond donors (Lipinski definition) is 2. The van der Waals surface area contributed by atoms with Gasteiger partial charge in [0.05, 0.1) is 11.4 Å². The molecule has 1 aromatic heterocycles. The van der Waals surface area contributed by atoms with Crippen LogP contribution in [0.3, 0.4) is 0 Å². The molecule has 1 fully saturated rings. The predicted molar refractivity (Wildman–Crippen MR) is 78.3 cm³/mol. The van der Waals surface area contributed by atoms with Gasteiger partial charge in [-0.05, 0) is 46.7 Å². The van der Waals surface area contributed by atoms with Gasteiger partial charge in [-0.3, -0.25) is 4.79 Å². The summed E-state index contributed by atoms with van der Waals surface area (Å²) in [6.45, 7) is 7.36. The van der Waals surface area contributed by atoms with Crippen LogP contribution in [0.25, 0.3) is 0 Å². The van der Waals surface area contributed by atoms with Gasteiger partial charge in [0, 0.05) is 6.04 Å². The average molecular weight is 275 g/mol. The van der Waals surface area contributed by atoms with Crippen LogP contribution in [0, 0.1) is 13.8 Å². The van der Waals surface area contributed by atoms with Crippen molar-refractivity contribution in [2.75, 3.05) is 13.1 Å². The Morgan fingerprint density at radius 3 is 2.50 bits per heavy atom. The predicted octanol–water partition coefficient (Wildman–Crippen LogP) is 1.05. The number of piperidine rings is 1. The fourth-order valence-electron chi connectivity index (χ4n) is 2.22. The van der Waals surface area contributed by atoms with Gasteiger partial charge in [0.15, 0.2) is 0 Å². The van der Waals surface area contributed by atoms with E-state index in [2.05, 4.69) is 25.6 Å². The van der Waals surface area contributed by atoms with E-state index in [1.165, 1.54) is 6.33 Å². The number of aryl methyl sites for hydroxylation is 2. The lowest BCUT2D eigenvalue weighted by Gasteiger charge is -2.23. The van der Waals surface area contributed by atoms with Gasteiger partial charge in [-0.2, -0.15) is 0 Å². The zero-order chi connectivity index (χ0) is 14.5. The molecule has 1 aromatic rings. The average Bonchev–Trinajstić information content (AvgIpc) is 2.44. The van der Waals surface area contributed by atoms with E-state index in [0.29, 0.717) is 11.4 Å². The van der Waals surface area contributed by atoms with Crippen LogP contribution in [0.1, 0.15) is 31.2 Å². The summed E-state index contributed by atoms with van der Waals surface area (Å²) in [7, 11) is 0. The van der Waals surface area contributed by atoms with Crippen molar-refractivity contribution in [2.24, 2.45) is 4.99 Å². The summed E-state index contributed by atoms with van der Waals surface area (Å²) in [5.41, 5.74) is 2.70. The number of hydrogen-bond acceptors (Lipinski definition) is 5. The number of nitrogens with zero attached hydrogens (tertiary/aromatic N) is 3. The molecule has 0 aliphatic carbocycles. The lowest BCUT2D eigenvalue weighted by molar-refractivity contribution is -0.115. The lowest BCUT2D eigenvalue weighted by atomic mass is 10.1. The van der Waals surface area contributed by atoms with Gasteiger partial charge in [0.1, 0.15) is 17.7 Å². The summed E-state index contributed by atoms with van der Waals surface area (Å²) in [4.78, 5) is 24.7. The van der Waals surface area contributed by atoms with E-state index < -0.39 is 0 Å². The fourth-order valence-corrected chi connectivity index (χ4v) is 2.22. The summed E-state index contributed by atoms with van der Waals surface area (Å²) in [6.07, 6.45) is 3.44. The highest BCUT2D eigenvalue weighted by atomic mass is 16.1. The van der Waals surface area contributed by atoms with E-state index in [0.717, 1.165) is 37.3 Å². The lowest BCUT2D eigenvalue weighted by Crippen LogP contribution is -2.44. The van der Waals surface area contributed by atoms with E-state index in [-0.39, 0.29) is 11.9 Å². The molecule has 0 saturated carbocycles. The topological polar surface area (TPSA) is 79.3 Å². The molecule has 1 aliphatic heterocycles. The second-order valence-electron chi connectivity index (χ2n) is 5.09. The molecule has 1 aliphatic rings. The molecule has 2 heterocycles. The van der Waals surface area contributed by atoms with E-state index in [1.807, 2.05) is 13.8 Å². The quantitative estimate of drug-likeness (QED) is 0.808. The van der Waals surface area contributed by atoms with Crippen LogP contribution in [-0.4, -0.2) is 40.7 Å². The molecule has 108 valence electrons. The minimum atomic E-state index is -0.112. The number of rotatable bonds is 3. The monoisotopic (exact) mass is 275 g/mol. The van der Waals surface area contributed by atoms with Gasteiger partial charge in [-0.1, -0.05) is 0 Å². The molecule has 1 amide bonds. The Morgan fingerprint density at radius 2 is 1.90 bits per heavy atom. The number of amides is 1. The molecule has 6 nitrogen and oxygen atoms in total. The van der Waals surface area contributed by atoms with Crippen LogP contribution in [0.5, 0.6) is 0 Å². The first-order valence-corrected chi connectivity index (χ1v) is 6.93. The van der Waals surface area contributed by atoms with Gasteiger partial charge >= 0.3 is 0 Å². The maximum atomic E-state index is 12.1. The highest BCUT2D eigenvalue weighted by Crippen LogP contribution is 2.19. The summed E-state index contributed by atoms with van der Waals surface area (Å²) in [6, 6.07) is 0.239. The fraction of sp³-hybridized carbons (Fsp3) is 0.571. The largest absolute Gasteiger partial charge is 0.348 e. The van der Waals surface area contributed by atoms with Gasteiger partial charge in [-0.25, -0.2) is 15.0 Å². The Labute approximate surface area is 119 Å². The third-order valence-electron chi connectivity index (χ3n) is 3.47. The molecule has 0 aromatic carbocycles. The van der Waals surface area contributed by atoms with Crippen LogP contribution < -0.4 is 10.6 Å². The zero-order valence-electron chi connectivity index (χ0n) is 12.2. The second-order valence-corrected chi connectivity index (χ2v) is 5.09. The van der Waals surface area contributed by atoms with Crippen molar-refractivity contribution in [3.63, 3.8) is 0 Å². The van der Waals surface area contributed by atoms with Crippen LogP contribution in [-0.2, 0) is 4.79 Å². The highest BCUT2D eigenvalue weighted by molar-refractivity contribution is 6.38. The molecule has 0 unspecified atom stereocenters. The van der Waals surface area contributed by atoms with Crippen molar-refractivity contribution in [1.29, 1.82) is 0 Å². The minimum Gasteiger partial charge on any atom is -0.348 e. The maximum absolute atomic E-state index is 12.1. The molecule has 6 heteroatoms. The van der Waals surface area contributed by atoms with E-state index in [4.69, 9.17) is 0 Å². The number of carbonyl (C=O) groups excluding carboxylic acids is 1. The Bertz CT molecular complexity index is 500. The van der Waals surface area contributed by atoms with Crippen LogP contribution in [0.4, 0.5) is 5.69 Å². The molecule has 0 radical (unpaired) electrons. The molecule has 2 rings (SSSR count). The Kier molecular flexibility index (Phi) is 4.79. The van der Waals surface area contributed by atoms with Gasteiger partial charge in [0.25, 0.3) is 5.91 Å². The minimum absolute atomic E-state index is 0.112. The number of carbonyl (C=O) groups is 1. The van der Waals surface area contributed by atoms with E-state index in [9.17, 15) is 4.79 Å². The highest BCUT2D eigenvalue weighted by Gasteiger charge is 2.17. The van der Waals surface area contributed by atoms with Gasteiger partial charge in [-0.15, -0.1) is 0 Å². The van der Waals surface area contributed by atoms with Crippen LogP contribution in [0.15, 0.2) is 11.3 Å². The molecular weight excluding hydrogens is 254 g/mol.